The Bertz CT molecular complexity index is 303. The molecule has 0 spiro atoms. The first kappa shape index (κ1) is 15.0. The molecule has 0 aliphatic carbocycles. The maximum atomic E-state index is 12.1. The summed E-state index contributed by atoms with van der Waals surface area (Å²) in [4.78, 5) is 24.4. The van der Waals surface area contributed by atoms with Crippen molar-refractivity contribution in [3.8, 4) is 0 Å². The summed E-state index contributed by atoms with van der Waals surface area (Å²) < 4.78 is 5.35. The van der Waals surface area contributed by atoms with Crippen molar-refractivity contribution < 1.29 is 19.4 Å². The average Bonchev–Trinajstić information content (AvgIpc) is 2.28. The number of hydrogen-bond acceptors (Lipinski definition) is 3. The molecule has 0 aromatic rings. The fourth-order valence-corrected chi connectivity index (χ4v) is 1.90. The number of nitrogens with zero attached hydrogens (tertiary/aromatic N) is 1. The van der Waals surface area contributed by atoms with E-state index in [9.17, 15) is 9.59 Å². The van der Waals surface area contributed by atoms with E-state index in [1.165, 1.54) is 0 Å². The molecule has 1 amide bonds. The molecule has 5 nitrogen and oxygen atoms in total. The van der Waals surface area contributed by atoms with Crippen LogP contribution >= 0.6 is 0 Å². The van der Waals surface area contributed by atoms with Gasteiger partial charge in [0.25, 0.3) is 0 Å². The Balaban J connectivity index is 2.45. The number of morpholine rings is 1. The molecule has 1 N–H and O–H groups in total. The summed E-state index contributed by atoms with van der Waals surface area (Å²) in [5, 5.41) is 8.73. The van der Waals surface area contributed by atoms with Gasteiger partial charge in [-0.05, 0) is 11.8 Å². The highest BCUT2D eigenvalue weighted by Crippen LogP contribution is 2.17. The smallest absolute Gasteiger partial charge is 0.306 e. The van der Waals surface area contributed by atoms with Gasteiger partial charge in [-0.3, -0.25) is 9.59 Å². The Labute approximate surface area is 108 Å². The van der Waals surface area contributed by atoms with Crippen molar-refractivity contribution in [3.63, 3.8) is 0 Å². The summed E-state index contributed by atoms with van der Waals surface area (Å²) in [6.07, 6.45) is 0.121. The van der Waals surface area contributed by atoms with Crippen molar-refractivity contribution in [2.75, 3.05) is 19.7 Å². The summed E-state index contributed by atoms with van der Waals surface area (Å²) in [5.74, 6) is 0.0443. The molecule has 104 valence electrons. The van der Waals surface area contributed by atoms with Crippen molar-refractivity contribution in [2.24, 2.45) is 11.8 Å². The van der Waals surface area contributed by atoms with Gasteiger partial charge in [-0.1, -0.05) is 20.8 Å². The highest BCUT2D eigenvalue weighted by molar-refractivity contribution is 5.76. The highest BCUT2D eigenvalue weighted by atomic mass is 16.5. The average molecular weight is 257 g/mol. The molecule has 1 saturated heterocycles. The number of carbonyl (C=O) groups excluding carboxylic acids is 1. The molecule has 5 heteroatoms. The fraction of sp³-hybridized carbons (Fsp3) is 0.846. The van der Waals surface area contributed by atoms with Crippen LogP contribution in [0.4, 0.5) is 0 Å². The zero-order chi connectivity index (χ0) is 13.7. The van der Waals surface area contributed by atoms with Gasteiger partial charge in [0.1, 0.15) is 0 Å². The lowest BCUT2D eigenvalue weighted by atomic mass is 9.94. The lowest BCUT2D eigenvalue weighted by Gasteiger charge is -2.33. The van der Waals surface area contributed by atoms with E-state index >= 15 is 0 Å². The molecule has 1 aliphatic heterocycles. The highest BCUT2D eigenvalue weighted by Gasteiger charge is 2.26. The molecule has 1 rings (SSSR count). The normalized spacial score (nSPS) is 22.0. The molecule has 0 radical (unpaired) electrons. The minimum absolute atomic E-state index is 0.0382. The Hall–Kier alpha value is -1.10. The zero-order valence-corrected chi connectivity index (χ0v) is 11.4. The predicted octanol–water partition coefficient (Wildman–Crippen LogP) is 1.37. The molecule has 0 aromatic heterocycles. The quantitative estimate of drug-likeness (QED) is 0.807. The second kappa shape index (κ2) is 6.73. The van der Waals surface area contributed by atoms with Crippen molar-refractivity contribution in [1.29, 1.82) is 0 Å². The van der Waals surface area contributed by atoms with Crippen LogP contribution in [0.5, 0.6) is 0 Å². The Morgan fingerprint density at radius 3 is 2.61 bits per heavy atom. The number of carboxylic acids is 1. The third-order valence-corrected chi connectivity index (χ3v) is 3.53. The van der Waals surface area contributed by atoms with Crippen LogP contribution < -0.4 is 0 Å². The van der Waals surface area contributed by atoms with E-state index in [0.717, 1.165) is 0 Å². The van der Waals surface area contributed by atoms with Gasteiger partial charge in [-0.25, -0.2) is 0 Å². The van der Waals surface area contributed by atoms with Crippen molar-refractivity contribution >= 4 is 11.9 Å². The maximum Gasteiger partial charge on any atom is 0.306 e. The van der Waals surface area contributed by atoms with E-state index in [1.807, 2.05) is 0 Å². The Morgan fingerprint density at radius 2 is 2.06 bits per heavy atom. The molecule has 0 bridgehead atoms. The van der Waals surface area contributed by atoms with E-state index in [1.54, 1.807) is 4.90 Å². The number of aliphatic carboxylic acids is 1. The van der Waals surface area contributed by atoms with Crippen LogP contribution in [-0.4, -0.2) is 47.7 Å². The lowest BCUT2D eigenvalue weighted by Crippen LogP contribution is -2.46. The predicted molar refractivity (Wildman–Crippen MR) is 67.2 cm³/mol. The summed E-state index contributed by atoms with van der Waals surface area (Å²) >= 11 is 0. The largest absolute Gasteiger partial charge is 0.481 e. The second-order valence-corrected chi connectivity index (χ2v) is 5.36. The van der Waals surface area contributed by atoms with E-state index in [0.29, 0.717) is 38.0 Å². The van der Waals surface area contributed by atoms with Crippen molar-refractivity contribution in [3.05, 3.63) is 0 Å². The van der Waals surface area contributed by atoms with Gasteiger partial charge in [-0.15, -0.1) is 0 Å². The fourth-order valence-electron chi connectivity index (χ4n) is 1.90. The van der Waals surface area contributed by atoms with Gasteiger partial charge in [0.2, 0.25) is 5.91 Å². The maximum absolute atomic E-state index is 12.1. The molecule has 0 saturated carbocycles. The summed E-state index contributed by atoms with van der Waals surface area (Å²) in [6.45, 7) is 7.67. The van der Waals surface area contributed by atoms with Gasteiger partial charge >= 0.3 is 5.97 Å². The topological polar surface area (TPSA) is 66.8 Å². The summed E-state index contributed by atoms with van der Waals surface area (Å²) in [6, 6.07) is 0. The third-order valence-electron chi connectivity index (χ3n) is 3.53. The minimum Gasteiger partial charge on any atom is -0.481 e. The molecular weight excluding hydrogens is 234 g/mol. The van der Waals surface area contributed by atoms with Crippen LogP contribution in [0, 0.1) is 11.8 Å². The van der Waals surface area contributed by atoms with Gasteiger partial charge in [-0.2, -0.15) is 0 Å². The standard InChI is InChI=1S/C13H23NO4/c1-9(2)10(3)6-12(15)14-4-5-18-11(8-14)7-13(16)17/h9-11H,4-8H2,1-3H3,(H,16,17). The van der Waals surface area contributed by atoms with Gasteiger partial charge in [0.05, 0.1) is 19.1 Å². The van der Waals surface area contributed by atoms with E-state index in [-0.39, 0.29) is 18.4 Å². The number of hydrogen-bond donors (Lipinski definition) is 1. The van der Waals surface area contributed by atoms with Crippen LogP contribution in [0.25, 0.3) is 0 Å². The number of amides is 1. The molecule has 1 aliphatic rings. The minimum atomic E-state index is -0.884. The van der Waals surface area contributed by atoms with E-state index in [4.69, 9.17) is 9.84 Å². The van der Waals surface area contributed by atoms with Gasteiger partial charge in [0.15, 0.2) is 0 Å². The van der Waals surface area contributed by atoms with Gasteiger partial charge < -0.3 is 14.7 Å². The first-order valence-corrected chi connectivity index (χ1v) is 6.51. The number of carbonyl (C=O) groups is 2. The van der Waals surface area contributed by atoms with Gasteiger partial charge in [0, 0.05) is 19.5 Å². The lowest BCUT2D eigenvalue weighted by molar-refractivity contribution is -0.148. The van der Waals surface area contributed by atoms with Crippen molar-refractivity contribution in [2.45, 2.75) is 39.7 Å². The van der Waals surface area contributed by atoms with Crippen LogP contribution in [0.15, 0.2) is 0 Å². The summed E-state index contributed by atoms with van der Waals surface area (Å²) in [7, 11) is 0. The monoisotopic (exact) mass is 257 g/mol. The number of ether oxygens (including phenoxy) is 1. The van der Waals surface area contributed by atoms with Crippen LogP contribution in [0.3, 0.4) is 0 Å². The summed E-state index contributed by atoms with van der Waals surface area (Å²) in [5.41, 5.74) is 0. The molecule has 2 atom stereocenters. The Morgan fingerprint density at radius 1 is 1.39 bits per heavy atom. The van der Waals surface area contributed by atoms with E-state index in [2.05, 4.69) is 20.8 Å². The molecular formula is C13H23NO4. The first-order valence-electron chi connectivity index (χ1n) is 6.51. The van der Waals surface area contributed by atoms with Crippen LogP contribution in [0.1, 0.15) is 33.6 Å². The van der Waals surface area contributed by atoms with Crippen LogP contribution in [-0.2, 0) is 14.3 Å². The molecule has 18 heavy (non-hydrogen) atoms. The zero-order valence-electron chi connectivity index (χ0n) is 11.4. The number of rotatable bonds is 5. The first-order chi connectivity index (χ1) is 8.40. The third kappa shape index (κ3) is 4.64. The van der Waals surface area contributed by atoms with E-state index < -0.39 is 5.97 Å². The Kier molecular flexibility index (Phi) is 5.59. The molecule has 2 unspecified atom stereocenters. The van der Waals surface area contributed by atoms with Crippen molar-refractivity contribution in [1.82, 2.24) is 4.90 Å². The molecule has 0 aromatic carbocycles. The number of carboxylic acid groups (broad SMARTS) is 1. The molecule has 1 heterocycles. The molecule has 1 fully saturated rings. The van der Waals surface area contributed by atoms with Crippen LogP contribution in [0.2, 0.25) is 0 Å². The SMILES string of the molecule is CC(C)C(C)CC(=O)N1CCOC(CC(=O)O)C1. The second-order valence-electron chi connectivity index (χ2n) is 5.36.